The van der Waals surface area contributed by atoms with Gasteiger partial charge in [-0.1, -0.05) is 60.7 Å². The third-order valence-corrected chi connectivity index (χ3v) is 6.37. The summed E-state index contributed by atoms with van der Waals surface area (Å²) in [4.78, 5) is 11.7. The SMILES string of the molecule is CC(Nc1ccc(S(=O)(=O)NC(C)c2ccccc2)cc1C(=O)O)c1ccccc1. The lowest BCUT2D eigenvalue weighted by molar-refractivity contribution is 0.0697. The van der Waals surface area contributed by atoms with Gasteiger partial charge < -0.3 is 10.4 Å². The van der Waals surface area contributed by atoms with E-state index >= 15 is 0 Å². The Morgan fingerprint density at radius 3 is 1.90 bits per heavy atom. The number of anilines is 1. The van der Waals surface area contributed by atoms with Gasteiger partial charge in [-0.3, -0.25) is 0 Å². The first-order valence-electron chi connectivity index (χ1n) is 9.54. The van der Waals surface area contributed by atoms with Crippen molar-refractivity contribution in [1.29, 1.82) is 0 Å². The van der Waals surface area contributed by atoms with E-state index in [0.29, 0.717) is 5.69 Å². The lowest BCUT2D eigenvalue weighted by Crippen LogP contribution is -2.27. The highest BCUT2D eigenvalue weighted by atomic mass is 32.2. The van der Waals surface area contributed by atoms with Gasteiger partial charge in [0, 0.05) is 17.8 Å². The van der Waals surface area contributed by atoms with E-state index < -0.39 is 22.0 Å². The van der Waals surface area contributed by atoms with Crippen molar-refractivity contribution in [1.82, 2.24) is 4.72 Å². The molecule has 30 heavy (non-hydrogen) atoms. The molecular weight excluding hydrogens is 400 g/mol. The number of carbonyl (C=O) groups is 1. The molecule has 0 aliphatic heterocycles. The van der Waals surface area contributed by atoms with E-state index in [1.54, 1.807) is 6.92 Å². The van der Waals surface area contributed by atoms with Crippen LogP contribution < -0.4 is 10.0 Å². The van der Waals surface area contributed by atoms with Crippen molar-refractivity contribution >= 4 is 21.7 Å². The third-order valence-electron chi connectivity index (χ3n) is 4.83. The number of nitrogens with one attached hydrogen (secondary N) is 2. The summed E-state index contributed by atoms with van der Waals surface area (Å²) >= 11 is 0. The zero-order chi connectivity index (χ0) is 21.7. The maximum Gasteiger partial charge on any atom is 0.337 e. The van der Waals surface area contributed by atoms with Crippen molar-refractivity contribution < 1.29 is 18.3 Å². The molecule has 0 aromatic heterocycles. The van der Waals surface area contributed by atoms with Crippen LogP contribution in [0.4, 0.5) is 5.69 Å². The van der Waals surface area contributed by atoms with Gasteiger partial charge in [0.15, 0.2) is 0 Å². The Hall–Kier alpha value is -3.16. The Morgan fingerprint density at radius 1 is 0.833 bits per heavy atom. The molecule has 3 aromatic carbocycles. The molecule has 3 aromatic rings. The summed E-state index contributed by atoms with van der Waals surface area (Å²) in [7, 11) is -3.90. The second kappa shape index (κ2) is 9.11. The molecule has 0 spiro atoms. The molecule has 6 nitrogen and oxygen atoms in total. The summed E-state index contributed by atoms with van der Waals surface area (Å²) in [6.45, 7) is 3.65. The average molecular weight is 425 g/mol. The van der Waals surface area contributed by atoms with E-state index in [4.69, 9.17) is 0 Å². The fourth-order valence-corrected chi connectivity index (χ4v) is 4.42. The first-order chi connectivity index (χ1) is 14.3. The van der Waals surface area contributed by atoms with Gasteiger partial charge in [0.25, 0.3) is 0 Å². The standard InChI is InChI=1S/C23H24N2O4S/c1-16(18-9-5-3-6-10-18)24-22-14-13-20(15-21(22)23(26)27)30(28,29)25-17(2)19-11-7-4-8-12-19/h3-17,24-25H,1-2H3,(H,26,27). The molecular formula is C23H24N2O4S. The summed E-state index contributed by atoms with van der Waals surface area (Å²) in [5, 5.41) is 12.8. The van der Waals surface area contributed by atoms with E-state index in [0.717, 1.165) is 11.1 Å². The number of sulfonamides is 1. The van der Waals surface area contributed by atoms with Crippen LogP contribution in [-0.2, 0) is 10.0 Å². The normalized spacial score (nSPS) is 13.4. The van der Waals surface area contributed by atoms with E-state index in [2.05, 4.69) is 10.0 Å². The van der Waals surface area contributed by atoms with Gasteiger partial charge >= 0.3 is 5.97 Å². The Balaban J connectivity index is 1.86. The summed E-state index contributed by atoms with van der Waals surface area (Å²) in [5.41, 5.74) is 2.06. The molecule has 7 heteroatoms. The van der Waals surface area contributed by atoms with Crippen LogP contribution in [-0.4, -0.2) is 19.5 Å². The zero-order valence-electron chi connectivity index (χ0n) is 16.7. The minimum Gasteiger partial charge on any atom is -0.478 e. The largest absolute Gasteiger partial charge is 0.478 e. The summed E-state index contributed by atoms with van der Waals surface area (Å²) in [5.74, 6) is -1.20. The number of carboxylic acid groups (broad SMARTS) is 1. The van der Waals surface area contributed by atoms with Crippen LogP contribution in [0.5, 0.6) is 0 Å². The molecule has 0 radical (unpaired) electrons. The van der Waals surface area contributed by atoms with Gasteiger partial charge in [0.1, 0.15) is 0 Å². The molecule has 0 saturated carbocycles. The minimum absolute atomic E-state index is 0.0967. The Bertz CT molecular complexity index is 1120. The minimum atomic E-state index is -3.90. The second-order valence-electron chi connectivity index (χ2n) is 7.04. The highest BCUT2D eigenvalue weighted by Gasteiger charge is 2.22. The lowest BCUT2D eigenvalue weighted by Gasteiger charge is -2.19. The van der Waals surface area contributed by atoms with Crippen LogP contribution in [0.15, 0.2) is 83.8 Å². The zero-order valence-corrected chi connectivity index (χ0v) is 17.6. The van der Waals surface area contributed by atoms with Crippen molar-refractivity contribution in [3.63, 3.8) is 0 Å². The molecule has 2 atom stereocenters. The topological polar surface area (TPSA) is 95.5 Å². The molecule has 156 valence electrons. The Kier molecular flexibility index (Phi) is 6.54. The molecule has 0 heterocycles. The lowest BCUT2D eigenvalue weighted by atomic mass is 10.1. The summed E-state index contributed by atoms with van der Waals surface area (Å²) in [6.07, 6.45) is 0. The van der Waals surface area contributed by atoms with Gasteiger partial charge in [0.05, 0.1) is 10.5 Å². The van der Waals surface area contributed by atoms with Crippen molar-refractivity contribution in [3.05, 3.63) is 95.6 Å². The molecule has 0 amide bonds. The van der Waals surface area contributed by atoms with Crippen molar-refractivity contribution in [2.75, 3.05) is 5.32 Å². The number of aromatic carboxylic acids is 1. The molecule has 0 aliphatic carbocycles. The van der Waals surface area contributed by atoms with Crippen molar-refractivity contribution in [3.8, 4) is 0 Å². The van der Waals surface area contributed by atoms with Gasteiger partial charge in [-0.25, -0.2) is 17.9 Å². The van der Waals surface area contributed by atoms with Crippen LogP contribution in [0.2, 0.25) is 0 Å². The highest BCUT2D eigenvalue weighted by molar-refractivity contribution is 7.89. The third kappa shape index (κ3) is 5.06. The maximum atomic E-state index is 12.8. The highest BCUT2D eigenvalue weighted by Crippen LogP contribution is 2.26. The van der Waals surface area contributed by atoms with E-state index in [1.807, 2.05) is 67.6 Å². The number of benzene rings is 3. The van der Waals surface area contributed by atoms with Crippen molar-refractivity contribution in [2.45, 2.75) is 30.8 Å². The maximum absolute atomic E-state index is 12.8. The number of carboxylic acids is 1. The first-order valence-corrected chi connectivity index (χ1v) is 11.0. The quantitative estimate of drug-likeness (QED) is 0.491. The van der Waals surface area contributed by atoms with Crippen LogP contribution in [0.3, 0.4) is 0 Å². The molecule has 3 rings (SSSR count). The number of rotatable bonds is 8. The fourth-order valence-electron chi connectivity index (χ4n) is 3.16. The van der Waals surface area contributed by atoms with Crippen LogP contribution in [0.1, 0.15) is 47.4 Å². The van der Waals surface area contributed by atoms with Gasteiger partial charge in [-0.15, -0.1) is 0 Å². The van der Waals surface area contributed by atoms with Crippen LogP contribution in [0, 0.1) is 0 Å². The predicted molar refractivity (Wildman–Crippen MR) is 117 cm³/mol. The van der Waals surface area contributed by atoms with Gasteiger partial charge in [-0.05, 0) is 43.2 Å². The summed E-state index contributed by atoms with van der Waals surface area (Å²) < 4.78 is 28.2. The van der Waals surface area contributed by atoms with Gasteiger partial charge in [0.2, 0.25) is 10.0 Å². The first kappa shape index (κ1) is 21.5. The molecule has 0 fully saturated rings. The van der Waals surface area contributed by atoms with E-state index in [1.165, 1.54) is 18.2 Å². The second-order valence-corrected chi connectivity index (χ2v) is 8.76. The predicted octanol–water partition coefficient (Wildman–Crippen LogP) is 4.60. The molecule has 2 unspecified atom stereocenters. The molecule has 0 saturated heterocycles. The van der Waals surface area contributed by atoms with E-state index in [-0.39, 0.29) is 16.5 Å². The van der Waals surface area contributed by atoms with Crippen LogP contribution in [0.25, 0.3) is 0 Å². The fraction of sp³-hybridized carbons (Fsp3) is 0.174. The smallest absolute Gasteiger partial charge is 0.337 e. The van der Waals surface area contributed by atoms with Crippen LogP contribution >= 0.6 is 0 Å². The van der Waals surface area contributed by atoms with Gasteiger partial charge in [-0.2, -0.15) is 0 Å². The Labute approximate surface area is 176 Å². The Morgan fingerprint density at radius 2 is 1.37 bits per heavy atom. The van der Waals surface area contributed by atoms with E-state index in [9.17, 15) is 18.3 Å². The monoisotopic (exact) mass is 424 g/mol. The van der Waals surface area contributed by atoms with Crippen molar-refractivity contribution in [2.24, 2.45) is 0 Å². The molecule has 0 aliphatic rings. The average Bonchev–Trinajstić information content (AvgIpc) is 2.74. The summed E-state index contributed by atoms with van der Waals surface area (Å²) in [6, 6.07) is 22.2. The molecule has 3 N–H and O–H groups in total. The number of hydrogen-bond donors (Lipinski definition) is 3. The number of hydrogen-bond acceptors (Lipinski definition) is 4. The molecule has 0 bridgehead atoms.